The Hall–Kier alpha value is -7.30. The van der Waals surface area contributed by atoms with E-state index in [4.69, 9.17) is 9.97 Å². The number of benzene rings is 7. The minimum absolute atomic E-state index is 0.173. The van der Waals surface area contributed by atoms with Gasteiger partial charge < -0.3 is 5.11 Å². The molecule has 9 rings (SSSR count). The molecule has 62 heavy (non-hydrogen) atoms. The van der Waals surface area contributed by atoms with E-state index in [0.717, 1.165) is 77.9 Å². The summed E-state index contributed by atoms with van der Waals surface area (Å²) in [5, 5.41) is 14.5. The molecule has 1 N–H and O–H groups in total. The van der Waals surface area contributed by atoms with Gasteiger partial charge in [-0.05, 0) is 98.1 Å². The van der Waals surface area contributed by atoms with Crippen molar-refractivity contribution in [3.05, 3.63) is 205 Å². The Morgan fingerprint density at radius 2 is 1.00 bits per heavy atom. The van der Waals surface area contributed by atoms with Crippen LogP contribution in [0.5, 0.6) is 5.75 Å². The van der Waals surface area contributed by atoms with Crippen molar-refractivity contribution in [3.63, 3.8) is 0 Å². The van der Waals surface area contributed by atoms with Crippen molar-refractivity contribution in [2.45, 2.75) is 52.4 Å². The first kappa shape index (κ1) is 40.1. The first-order valence-electron chi connectivity index (χ1n) is 21.4. The second-order valence-corrected chi connectivity index (χ2v) is 18.2. The fourth-order valence-electron chi connectivity index (χ4n) is 8.25. The van der Waals surface area contributed by atoms with Crippen molar-refractivity contribution >= 4 is 28.0 Å². The molecular weight excluding hydrogens is 755 g/mol. The van der Waals surface area contributed by atoms with Crippen LogP contribution >= 0.6 is 0 Å². The average molecular weight is 806 g/mol. The Bertz CT molecular complexity index is 3030. The topological polar surface area (TPSA) is 49.2 Å². The molecule has 0 amide bonds. The third kappa shape index (κ3) is 8.12. The predicted octanol–water partition coefficient (Wildman–Crippen LogP) is 15.7. The van der Waals surface area contributed by atoms with E-state index in [1.54, 1.807) is 0 Å². The highest BCUT2D eigenvalue weighted by molar-refractivity contribution is 5.93. The maximum absolute atomic E-state index is 12.3. The maximum Gasteiger partial charge on any atom is 0.138 e. The number of rotatable bonds is 8. The molecule has 0 bridgehead atoms. The summed E-state index contributed by atoms with van der Waals surface area (Å²) in [6.07, 6.45) is 1.96. The van der Waals surface area contributed by atoms with Gasteiger partial charge in [0, 0.05) is 39.5 Å². The quantitative estimate of drug-likeness (QED) is 0.166. The molecule has 2 heterocycles. The maximum atomic E-state index is 12.3. The summed E-state index contributed by atoms with van der Waals surface area (Å²) in [5.41, 5.74) is 13.0. The van der Waals surface area contributed by atoms with Gasteiger partial charge in [-0.25, -0.2) is 4.98 Å². The Morgan fingerprint density at radius 3 is 1.65 bits per heavy atom. The van der Waals surface area contributed by atoms with E-state index >= 15 is 0 Å². The molecule has 0 saturated carbocycles. The first-order chi connectivity index (χ1) is 29.9. The largest absolute Gasteiger partial charge is 0.507 e. The average Bonchev–Trinajstić information content (AvgIpc) is 3.29. The monoisotopic (exact) mass is 805 g/mol. The van der Waals surface area contributed by atoms with Gasteiger partial charge in [-0.1, -0.05) is 181 Å². The van der Waals surface area contributed by atoms with Gasteiger partial charge in [0.2, 0.25) is 0 Å². The van der Waals surface area contributed by atoms with Crippen LogP contribution in [0.2, 0.25) is 0 Å². The van der Waals surface area contributed by atoms with Crippen LogP contribution < -0.4 is 4.90 Å². The summed E-state index contributed by atoms with van der Waals surface area (Å²) in [6.45, 7) is 13.1. The summed E-state index contributed by atoms with van der Waals surface area (Å²) < 4.78 is 0. The lowest BCUT2D eigenvalue weighted by atomic mass is 9.78. The number of nitrogens with zero attached hydrogens (tertiary/aromatic N) is 3. The van der Waals surface area contributed by atoms with E-state index < -0.39 is 0 Å². The second kappa shape index (κ2) is 16.3. The molecule has 0 aliphatic rings. The number of phenolic OH excluding ortho intramolecular Hbond substituents is 1. The molecule has 0 aliphatic heterocycles. The van der Waals surface area contributed by atoms with Gasteiger partial charge in [-0.3, -0.25) is 9.88 Å². The first-order valence-corrected chi connectivity index (χ1v) is 21.4. The van der Waals surface area contributed by atoms with Crippen molar-refractivity contribution in [3.8, 4) is 61.6 Å². The minimum Gasteiger partial charge on any atom is -0.507 e. The molecule has 7 aromatic carbocycles. The normalized spacial score (nSPS) is 11.8. The molecule has 9 aromatic rings. The summed E-state index contributed by atoms with van der Waals surface area (Å²) in [5.74, 6) is 0.964. The molecular formula is C58H51N3O. The van der Waals surface area contributed by atoms with Crippen LogP contribution in [0.25, 0.3) is 66.7 Å². The van der Waals surface area contributed by atoms with Crippen LogP contribution in [0.4, 0.5) is 17.2 Å². The molecule has 0 radical (unpaired) electrons. The highest BCUT2D eigenvalue weighted by atomic mass is 16.3. The van der Waals surface area contributed by atoms with Crippen LogP contribution in [-0.2, 0) is 10.8 Å². The molecule has 0 atom stereocenters. The Morgan fingerprint density at radius 1 is 0.435 bits per heavy atom. The molecule has 0 unspecified atom stereocenters. The molecule has 0 saturated heterocycles. The molecule has 2 aromatic heterocycles. The molecule has 4 nitrogen and oxygen atoms in total. The van der Waals surface area contributed by atoms with Crippen LogP contribution in [0, 0.1) is 0 Å². The number of para-hydroxylation sites is 1. The van der Waals surface area contributed by atoms with Crippen LogP contribution in [-0.4, -0.2) is 15.1 Å². The zero-order valence-corrected chi connectivity index (χ0v) is 36.3. The lowest BCUT2D eigenvalue weighted by Gasteiger charge is -2.30. The SMILES string of the molecule is CC(C)(C)c1cc(-c2cc(-c3ccccc3)cc(N(c3cc(-c4ccccc4)cc(-c4cc5ccccc5cn4)c3)c3ccccc3-c3ccccc3)n2)c(O)c(C(C)(C)C)c1. The Kier molecular flexibility index (Phi) is 10.5. The molecule has 4 heteroatoms. The van der Waals surface area contributed by atoms with E-state index in [0.29, 0.717) is 17.1 Å². The number of fused-ring (bicyclic) bond motifs is 1. The number of hydrogen-bond acceptors (Lipinski definition) is 4. The lowest BCUT2D eigenvalue weighted by Crippen LogP contribution is -2.17. The molecule has 0 fully saturated rings. The van der Waals surface area contributed by atoms with Crippen LogP contribution in [0.1, 0.15) is 52.7 Å². The summed E-state index contributed by atoms with van der Waals surface area (Å²) in [7, 11) is 0. The number of aromatic hydroxyl groups is 1. The van der Waals surface area contributed by atoms with Crippen molar-refractivity contribution in [1.82, 2.24) is 9.97 Å². The standard InChI is InChI=1S/C58H51N3O/c1-57(2,3)47-36-50(56(62)51(37-47)58(4,5)6)53-34-45(40-22-12-8-13-23-40)35-55(60-53)61(54-29-19-18-28-49(54)41-24-14-9-15-25-41)48-31-44(39-20-10-7-11-21-39)30-46(32-48)52-33-42-26-16-17-27-43(42)38-59-52/h7-38,62H,1-6H3. The van der Waals surface area contributed by atoms with Gasteiger partial charge in [0.15, 0.2) is 0 Å². The Labute approximate surface area is 365 Å². The van der Waals surface area contributed by atoms with E-state index in [-0.39, 0.29) is 16.6 Å². The van der Waals surface area contributed by atoms with Crippen LogP contribution in [0.15, 0.2) is 194 Å². The smallest absolute Gasteiger partial charge is 0.138 e. The highest BCUT2D eigenvalue weighted by Gasteiger charge is 2.28. The van der Waals surface area contributed by atoms with E-state index in [2.05, 4.69) is 222 Å². The second-order valence-electron chi connectivity index (χ2n) is 18.2. The number of phenols is 1. The zero-order chi connectivity index (χ0) is 43.0. The fourth-order valence-corrected chi connectivity index (χ4v) is 8.25. The molecule has 0 aliphatic carbocycles. The highest BCUT2D eigenvalue weighted by Crippen LogP contribution is 2.47. The van der Waals surface area contributed by atoms with Crippen molar-refractivity contribution < 1.29 is 5.11 Å². The van der Waals surface area contributed by atoms with Gasteiger partial charge in [-0.15, -0.1) is 0 Å². The third-order valence-corrected chi connectivity index (χ3v) is 11.6. The number of anilines is 3. The number of aromatic nitrogens is 2. The predicted molar refractivity (Wildman–Crippen MR) is 260 cm³/mol. The number of hydrogen-bond donors (Lipinski definition) is 1. The molecule has 0 spiro atoms. The summed E-state index contributed by atoms with van der Waals surface area (Å²) >= 11 is 0. The Balaban J connectivity index is 1.38. The van der Waals surface area contributed by atoms with E-state index in [9.17, 15) is 5.11 Å². The summed E-state index contributed by atoms with van der Waals surface area (Å²) in [6, 6.07) is 65.9. The van der Waals surface area contributed by atoms with Crippen molar-refractivity contribution in [2.75, 3.05) is 4.90 Å². The van der Waals surface area contributed by atoms with Gasteiger partial charge >= 0.3 is 0 Å². The van der Waals surface area contributed by atoms with Gasteiger partial charge in [-0.2, -0.15) is 0 Å². The van der Waals surface area contributed by atoms with Crippen molar-refractivity contribution in [2.24, 2.45) is 0 Å². The fraction of sp³-hybridized carbons (Fsp3) is 0.138. The zero-order valence-electron chi connectivity index (χ0n) is 36.3. The lowest BCUT2D eigenvalue weighted by molar-refractivity contribution is 0.446. The minimum atomic E-state index is -0.314. The van der Waals surface area contributed by atoms with Gasteiger partial charge in [0.25, 0.3) is 0 Å². The number of pyridine rings is 2. The van der Waals surface area contributed by atoms with E-state index in [1.807, 2.05) is 18.3 Å². The van der Waals surface area contributed by atoms with Gasteiger partial charge in [0.1, 0.15) is 11.6 Å². The summed E-state index contributed by atoms with van der Waals surface area (Å²) in [4.78, 5) is 12.9. The third-order valence-electron chi connectivity index (χ3n) is 11.6. The van der Waals surface area contributed by atoms with Crippen molar-refractivity contribution in [1.29, 1.82) is 0 Å². The van der Waals surface area contributed by atoms with Crippen LogP contribution in [0.3, 0.4) is 0 Å². The molecule has 304 valence electrons. The van der Waals surface area contributed by atoms with Gasteiger partial charge in [0.05, 0.1) is 17.1 Å². The van der Waals surface area contributed by atoms with E-state index in [1.165, 1.54) is 0 Å².